The van der Waals surface area contributed by atoms with Gasteiger partial charge < -0.3 is 19.1 Å². The van der Waals surface area contributed by atoms with Crippen LogP contribution in [0.2, 0.25) is 0 Å². The molecule has 0 bridgehead atoms. The SMILES string of the molecule is COC(=O)N1CCC(CN2CCC(c3nc(-n4nc(C(C)C)c5cccc(F)c54)no3)CC2)CC1. The molecule has 9 nitrogen and oxygen atoms in total. The smallest absolute Gasteiger partial charge is 0.409 e. The summed E-state index contributed by atoms with van der Waals surface area (Å²) >= 11 is 0. The number of piperidine rings is 2. The number of benzene rings is 1. The fourth-order valence-electron chi connectivity index (χ4n) is 5.35. The van der Waals surface area contributed by atoms with Crippen LogP contribution in [0.15, 0.2) is 22.7 Å². The maximum absolute atomic E-state index is 14.7. The molecule has 2 saturated heterocycles. The lowest BCUT2D eigenvalue weighted by Crippen LogP contribution is -2.43. The molecule has 0 atom stereocenters. The molecular formula is C25H33FN6O3. The first-order valence-electron chi connectivity index (χ1n) is 12.5. The van der Waals surface area contributed by atoms with Gasteiger partial charge in [-0.05, 0) is 61.8 Å². The Morgan fingerprint density at radius 2 is 1.91 bits per heavy atom. The maximum atomic E-state index is 14.7. The standard InChI is InChI=1S/C25H33FN6O3/c1-16(2)21-19-5-4-6-20(26)22(19)32(28-21)24-27-23(35-29-24)18-9-11-30(12-10-18)15-17-7-13-31(14-8-17)25(33)34-3/h4-6,16-18H,7-15H2,1-3H3. The van der Waals surface area contributed by atoms with E-state index in [0.717, 1.165) is 69.5 Å². The van der Waals surface area contributed by atoms with Crippen LogP contribution in [-0.4, -0.2) is 75.6 Å². The number of carbonyl (C=O) groups is 1. The second kappa shape index (κ2) is 9.93. The Morgan fingerprint density at radius 3 is 2.60 bits per heavy atom. The highest BCUT2D eigenvalue weighted by Crippen LogP contribution is 2.31. The summed E-state index contributed by atoms with van der Waals surface area (Å²) in [5, 5.41) is 9.56. The van der Waals surface area contributed by atoms with E-state index in [-0.39, 0.29) is 29.7 Å². The number of aromatic nitrogens is 4. The largest absolute Gasteiger partial charge is 0.453 e. The monoisotopic (exact) mass is 484 g/mol. The number of nitrogens with zero attached hydrogens (tertiary/aromatic N) is 6. The lowest BCUT2D eigenvalue weighted by molar-refractivity contribution is 0.0932. The number of para-hydroxylation sites is 1. The minimum Gasteiger partial charge on any atom is -0.453 e. The predicted octanol–water partition coefficient (Wildman–Crippen LogP) is 4.33. The molecule has 2 fully saturated rings. The van der Waals surface area contributed by atoms with Crippen LogP contribution in [0.3, 0.4) is 0 Å². The fourth-order valence-corrected chi connectivity index (χ4v) is 5.35. The van der Waals surface area contributed by atoms with E-state index in [1.54, 1.807) is 11.0 Å². The van der Waals surface area contributed by atoms with Gasteiger partial charge in [-0.1, -0.05) is 26.0 Å². The summed E-state index contributed by atoms with van der Waals surface area (Å²) in [6.45, 7) is 8.59. The highest BCUT2D eigenvalue weighted by molar-refractivity contribution is 5.84. The molecule has 1 aromatic carbocycles. The summed E-state index contributed by atoms with van der Waals surface area (Å²) in [6, 6.07) is 5.02. The number of likely N-dealkylation sites (tertiary alicyclic amines) is 2. The number of hydrogen-bond donors (Lipinski definition) is 0. The second-order valence-electron chi connectivity index (χ2n) is 10.00. The molecule has 0 radical (unpaired) electrons. The molecule has 2 aliphatic rings. The van der Waals surface area contributed by atoms with E-state index in [0.29, 0.717) is 17.3 Å². The van der Waals surface area contributed by atoms with Gasteiger partial charge >= 0.3 is 6.09 Å². The van der Waals surface area contributed by atoms with Crippen LogP contribution in [0.1, 0.15) is 63.0 Å². The molecule has 0 aliphatic carbocycles. The third-order valence-electron chi connectivity index (χ3n) is 7.35. The Balaban J connectivity index is 1.21. The molecule has 2 aliphatic heterocycles. The topological polar surface area (TPSA) is 89.5 Å². The number of hydrogen-bond acceptors (Lipinski definition) is 7. The average molecular weight is 485 g/mol. The molecule has 5 rings (SSSR count). The zero-order valence-electron chi connectivity index (χ0n) is 20.6. The zero-order valence-corrected chi connectivity index (χ0v) is 20.6. The maximum Gasteiger partial charge on any atom is 0.409 e. The van der Waals surface area contributed by atoms with Crippen molar-refractivity contribution in [2.45, 2.75) is 51.4 Å². The first-order valence-corrected chi connectivity index (χ1v) is 12.5. The lowest BCUT2D eigenvalue weighted by atomic mass is 9.93. The van der Waals surface area contributed by atoms with Crippen molar-refractivity contribution in [3.05, 3.63) is 35.6 Å². The summed E-state index contributed by atoms with van der Waals surface area (Å²) in [6.07, 6.45) is 3.67. The second-order valence-corrected chi connectivity index (χ2v) is 10.00. The van der Waals surface area contributed by atoms with E-state index in [4.69, 9.17) is 9.26 Å². The van der Waals surface area contributed by atoms with Gasteiger partial charge in [0.05, 0.1) is 12.8 Å². The van der Waals surface area contributed by atoms with Crippen LogP contribution in [-0.2, 0) is 4.74 Å². The minimum absolute atomic E-state index is 0.143. The van der Waals surface area contributed by atoms with Crippen molar-refractivity contribution in [1.29, 1.82) is 0 Å². The van der Waals surface area contributed by atoms with Crippen molar-refractivity contribution in [3.8, 4) is 5.95 Å². The number of halogens is 1. The number of carbonyl (C=O) groups excluding carboxylic acids is 1. The van der Waals surface area contributed by atoms with Crippen LogP contribution >= 0.6 is 0 Å². The summed E-state index contributed by atoms with van der Waals surface area (Å²) in [4.78, 5) is 20.6. The summed E-state index contributed by atoms with van der Waals surface area (Å²) < 4.78 is 26.6. The van der Waals surface area contributed by atoms with Gasteiger partial charge in [0, 0.05) is 30.9 Å². The first kappa shape index (κ1) is 23.7. The van der Waals surface area contributed by atoms with Gasteiger partial charge in [-0.25, -0.2) is 9.18 Å². The summed E-state index contributed by atoms with van der Waals surface area (Å²) in [5.41, 5.74) is 1.20. The lowest BCUT2D eigenvalue weighted by Gasteiger charge is -2.36. The van der Waals surface area contributed by atoms with E-state index in [1.807, 2.05) is 19.9 Å². The van der Waals surface area contributed by atoms with Gasteiger partial charge in [0.15, 0.2) is 0 Å². The molecule has 35 heavy (non-hydrogen) atoms. The molecule has 0 N–H and O–H groups in total. The number of rotatable bonds is 5. The number of ether oxygens (including phenoxy) is 1. The predicted molar refractivity (Wildman–Crippen MR) is 128 cm³/mol. The molecule has 2 aromatic heterocycles. The number of amides is 1. The molecule has 3 aromatic rings. The van der Waals surface area contributed by atoms with Crippen molar-refractivity contribution in [1.82, 2.24) is 29.7 Å². The third kappa shape index (κ3) is 4.76. The van der Waals surface area contributed by atoms with E-state index < -0.39 is 0 Å². The Morgan fingerprint density at radius 1 is 1.17 bits per heavy atom. The van der Waals surface area contributed by atoms with Gasteiger partial charge in [0.2, 0.25) is 5.89 Å². The third-order valence-corrected chi connectivity index (χ3v) is 7.35. The summed E-state index contributed by atoms with van der Waals surface area (Å²) in [7, 11) is 1.43. The van der Waals surface area contributed by atoms with Gasteiger partial charge in [-0.15, -0.1) is 0 Å². The number of fused-ring (bicyclic) bond motifs is 1. The average Bonchev–Trinajstić information content (AvgIpc) is 3.50. The Kier molecular flexibility index (Phi) is 6.73. The molecule has 0 spiro atoms. The van der Waals surface area contributed by atoms with Gasteiger partial charge in [-0.2, -0.15) is 14.8 Å². The molecule has 188 valence electrons. The first-order chi connectivity index (χ1) is 16.9. The summed E-state index contributed by atoms with van der Waals surface area (Å²) in [5.74, 6) is 1.45. The van der Waals surface area contributed by atoms with Crippen molar-refractivity contribution in [2.24, 2.45) is 5.92 Å². The molecule has 0 saturated carbocycles. The normalized spacial score (nSPS) is 18.6. The Hall–Kier alpha value is -3.01. The van der Waals surface area contributed by atoms with Crippen LogP contribution in [0.25, 0.3) is 16.9 Å². The van der Waals surface area contributed by atoms with Crippen molar-refractivity contribution < 1.29 is 18.4 Å². The van der Waals surface area contributed by atoms with Crippen LogP contribution in [0.5, 0.6) is 0 Å². The van der Waals surface area contributed by atoms with Gasteiger partial charge in [0.1, 0.15) is 11.3 Å². The highest BCUT2D eigenvalue weighted by atomic mass is 19.1. The quantitative estimate of drug-likeness (QED) is 0.532. The van der Waals surface area contributed by atoms with Crippen molar-refractivity contribution >= 4 is 17.0 Å². The molecule has 4 heterocycles. The van der Waals surface area contributed by atoms with Crippen molar-refractivity contribution in [3.63, 3.8) is 0 Å². The molecule has 10 heteroatoms. The van der Waals surface area contributed by atoms with Crippen LogP contribution in [0, 0.1) is 11.7 Å². The Labute approximate surface area is 204 Å². The van der Waals surface area contributed by atoms with E-state index in [1.165, 1.54) is 17.9 Å². The molecule has 0 unspecified atom stereocenters. The van der Waals surface area contributed by atoms with E-state index >= 15 is 0 Å². The van der Waals surface area contributed by atoms with Gasteiger partial charge in [0.25, 0.3) is 5.95 Å². The van der Waals surface area contributed by atoms with Crippen molar-refractivity contribution in [2.75, 3.05) is 39.8 Å². The Bertz CT molecular complexity index is 1180. The number of methoxy groups -OCH3 is 1. The van der Waals surface area contributed by atoms with E-state index in [9.17, 15) is 9.18 Å². The van der Waals surface area contributed by atoms with E-state index in [2.05, 4.69) is 20.1 Å². The fraction of sp³-hybridized carbons (Fsp3) is 0.600. The zero-order chi connectivity index (χ0) is 24.5. The minimum atomic E-state index is -0.348. The van der Waals surface area contributed by atoms with Gasteiger partial charge in [-0.3, -0.25) is 0 Å². The highest BCUT2D eigenvalue weighted by Gasteiger charge is 2.30. The van der Waals surface area contributed by atoms with Crippen LogP contribution < -0.4 is 0 Å². The molecule has 1 amide bonds. The van der Waals surface area contributed by atoms with Crippen LogP contribution in [0.4, 0.5) is 9.18 Å². The molecular weight excluding hydrogens is 451 g/mol.